The van der Waals surface area contributed by atoms with E-state index in [0.29, 0.717) is 0 Å². The smallest absolute Gasteiger partial charge is 0.0760 e. The second-order valence-corrected chi connectivity index (χ2v) is 4.58. The third-order valence-electron chi connectivity index (χ3n) is 2.07. The number of benzene rings is 1. The van der Waals surface area contributed by atoms with E-state index in [0.717, 1.165) is 15.8 Å². The third kappa shape index (κ3) is 2.79. The fraction of sp³-hybridized carbons (Fsp3) is 0.364. The van der Waals surface area contributed by atoms with Gasteiger partial charge in [0.25, 0.3) is 0 Å². The Kier molecular flexibility index (Phi) is 3.90. The molecular formula is C11H14IN. The van der Waals surface area contributed by atoms with Gasteiger partial charge < -0.3 is 0 Å². The van der Waals surface area contributed by atoms with Crippen LogP contribution in [0.3, 0.4) is 0 Å². The highest BCUT2D eigenvalue weighted by molar-refractivity contribution is 14.1. The monoisotopic (exact) mass is 287 g/mol. The van der Waals surface area contributed by atoms with Crippen LogP contribution >= 0.6 is 22.6 Å². The van der Waals surface area contributed by atoms with Gasteiger partial charge in [-0.25, -0.2) is 4.99 Å². The Morgan fingerprint density at radius 1 is 1.46 bits per heavy atom. The molecule has 1 aromatic carbocycles. The fourth-order valence-corrected chi connectivity index (χ4v) is 1.60. The Balaban J connectivity index is 3.16. The molecule has 0 unspecified atom stereocenters. The number of halogens is 1. The van der Waals surface area contributed by atoms with Crippen molar-refractivity contribution in [3.63, 3.8) is 0 Å². The van der Waals surface area contributed by atoms with E-state index in [4.69, 9.17) is 0 Å². The number of aryl methyl sites for hydroxylation is 1. The summed E-state index contributed by atoms with van der Waals surface area (Å²) in [4.78, 5) is 4.47. The first-order chi connectivity index (χ1) is 6.15. The maximum atomic E-state index is 4.47. The summed E-state index contributed by atoms with van der Waals surface area (Å²) >= 11 is 2.24. The van der Waals surface area contributed by atoms with Crippen LogP contribution in [0.1, 0.15) is 25.0 Å². The van der Waals surface area contributed by atoms with E-state index in [1.54, 1.807) is 0 Å². The van der Waals surface area contributed by atoms with Crippen LogP contribution in [0.2, 0.25) is 0 Å². The second-order valence-electron chi connectivity index (χ2n) is 3.02. The molecule has 1 aromatic rings. The highest BCUT2D eigenvalue weighted by Gasteiger charge is 2.00. The lowest BCUT2D eigenvalue weighted by Gasteiger charge is -2.05. The van der Waals surface area contributed by atoms with Crippen LogP contribution in [0, 0.1) is 6.92 Å². The first-order valence-corrected chi connectivity index (χ1v) is 5.52. The molecule has 0 fully saturated rings. The summed E-state index contributed by atoms with van der Waals surface area (Å²) in [7, 11) is 0. The lowest BCUT2D eigenvalue weighted by Crippen LogP contribution is -1.86. The highest BCUT2D eigenvalue weighted by atomic mass is 127. The summed E-state index contributed by atoms with van der Waals surface area (Å²) in [6.45, 7) is 6.32. The SMILES string of the molecule is CCc1cccc(N=C(C)I)c1C. The summed E-state index contributed by atoms with van der Waals surface area (Å²) in [6.07, 6.45) is 1.08. The molecule has 0 radical (unpaired) electrons. The van der Waals surface area contributed by atoms with Crippen LogP contribution in [-0.4, -0.2) is 3.72 Å². The standard InChI is InChI=1S/C11H14IN/c1-4-10-6-5-7-11(8(10)2)13-9(3)12/h5-7H,4H2,1-3H3. The van der Waals surface area contributed by atoms with Gasteiger partial charge in [0.15, 0.2) is 0 Å². The maximum absolute atomic E-state index is 4.47. The fourth-order valence-electron chi connectivity index (χ4n) is 1.34. The predicted molar refractivity (Wildman–Crippen MR) is 67.3 cm³/mol. The van der Waals surface area contributed by atoms with Crippen LogP contribution in [0.15, 0.2) is 23.2 Å². The van der Waals surface area contributed by atoms with Gasteiger partial charge in [0.05, 0.1) is 9.41 Å². The first kappa shape index (κ1) is 10.7. The minimum Gasteiger partial charge on any atom is -0.247 e. The number of rotatable bonds is 2. The molecule has 0 aromatic heterocycles. The molecule has 0 N–H and O–H groups in total. The van der Waals surface area contributed by atoms with Gasteiger partial charge in [-0.3, -0.25) is 0 Å². The van der Waals surface area contributed by atoms with Crippen LogP contribution in [0.25, 0.3) is 0 Å². The van der Waals surface area contributed by atoms with E-state index in [-0.39, 0.29) is 0 Å². The molecule has 1 nitrogen and oxygen atoms in total. The van der Waals surface area contributed by atoms with Gasteiger partial charge in [-0.15, -0.1) is 0 Å². The van der Waals surface area contributed by atoms with Crippen molar-refractivity contribution in [3.8, 4) is 0 Å². The minimum absolute atomic E-state index is 1.08. The molecule has 0 saturated carbocycles. The van der Waals surface area contributed by atoms with Gasteiger partial charge in [0.2, 0.25) is 0 Å². The molecule has 0 amide bonds. The second kappa shape index (κ2) is 4.74. The average molecular weight is 287 g/mol. The molecule has 0 aliphatic carbocycles. The molecule has 0 heterocycles. The Bertz CT molecular complexity index is 325. The van der Waals surface area contributed by atoms with Gasteiger partial charge in [0, 0.05) is 0 Å². The normalized spacial score (nSPS) is 11.8. The summed E-state index contributed by atoms with van der Waals surface area (Å²) in [6, 6.07) is 6.30. The topological polar surface area (TPSA) is 12.4 Å². The first-order valence-electron chi connectivity index (χ1n) is 4.44. The highest BCUT2D eigenvalue weighted by Crippen LogP contribution is 2.22. The van der Waals surface area contributed by atoms with Crippen LogP contribution in [0.4, 0.5) is 5.69 Å². The number of nitrogens with zero attached hydrogens (tertiary/aromatic N) is 1. The van der Waals surface area contributed by atoms with E-state index >= 15 is 0 Å². The quantitative estimate of drug-likeness (QED) is 0.575. The molecule has 2 heteroatoms. The van der Waals surface area contributed by atoms with Crippen molar-refractivity contribution in [1.29, 1.82) is 0 Å². The minimum atomic E-state index is 1.08. The van der Waals surface area contributed by atoms with Crippen molar-refractivity contribution in [2.75, 3.05) is 0 Å². The molecular weight excluding hydrogens is 273 g/mol. The molecule has 0 spiro atoms. The van der Waals surface area contributed by atoms with Crippen molar-refractivity contribution >= 4 is 32.0 Å². The number of hydrogen-bond acceptors (Lipinski definition) is 1. The Morgan fingerprint density at radius 2 is 2.15 bits per heavy atom. The molecule has 0 aliphatic rings. The van der Waals surface area contributed by atoms with Crippen LogP contribution < -0.4 is 0 Å². The Hall–Kier alpha value is -0.380. The summed E-state index contributed by atoms with van der Waals surface area (Å²) < 4.78 is 1.08. The Morgan fingerprint density at radius 3 is 2.69 bits per heavy atom. The van der Waals surface area contributed by atoms with Crippen molar-refractivity contribution < 1.29 is 0 Å². The van der Waals surface area contributed by atoms with E-state index in [1.165, 1.54) is 11.1 Å². The maximum Gasteiger partial charge on any atom is 0.0760 e. The summed E-state index contributed by atoms with van der Waals surface area (Å²) in [5, 5.41) is 0. The average Bonchev–Trinajstić information content (AvgIpc) is 2.08. The number of hydrogen-bond donors (Lipinski definition) is 0. The molecule has 13 heavy (non-hydrogen) atoms. The third-order valence-corrected chi connectivity index (χ3v) is 2.31. The van der Waals surface area contributed by atoms with Crippen LogP contribution in [0.5, 0.6) is 0 Å². The molecule has 0 atom stereocenters. The van der Waals surface area contributed by atoms with Gasteiger partial charge >= 0.3 is 0 Å². The molecule has 0 bridgehead atoms. The van der Waals surface area contributed by atoms with Crippen molar-refractivity contribution in [2.45, 2.75) is 27.2 Å². The van der Waals surface area contributed by atoms with Crippen molar-refractivity contribution in [1.82, 2.24) is 0 Å². The van der Waals surface area contributed by atoms with E-state index in [9.17, 15) is 0 Å². The Labute approximate surface area is 93.4 Å². The van der Waals surface area contributed by atoms with Gasteiger partial charge in [-0.05, 0) is 60.1 Å². The molecule has 1 rings (SSSR count). The van der Waals surface area contributed by atoms with Gasteiger partial charge in [-0.2, -0.15) is 0 Å². The van der Waals surface area contributed by atoms with Gasteiger partial charge in [-0.1, -0.05) is 19.1 Å². The lowest BCUT2D eigenvalue weighted by molar-refractivity contribution is 1.11. The van der Waals surface area contributed by atoms with Crippen molar-refractivity contribution in [3.05, 3.63) is 29.3 Å². The number of aliphatic imine (C=N–C) groups is 1. The zero-order chi connectivity index (χ0) is 9.84. The summed E-state index contributed by atoms with van der Waals surface area (Å²) in [5.41, 5.74) is 3.80. The van der Waals surface area contributed by atoms with E-state index in [2.05, 4.69) is 59.6 Å². The zero-order valence-corrected chi connectivity index (χ0v) is 10.4. The summed E-state index contributed by atoms with van der Waals surface area (Å²) in [5.74, 6) is 0. The predicted octanol–water partition coefficient (Wildman–Crippen LogP) is 4.04. The van der Waals surface area contributed by atoms with Gasteiger partial charge in [0.1, 0.15) is 0 Å². The largest absolute Gasteiger partial charge is 0.247 e. The molecule has 0 aliphatic heterocycles. The van der Waals surface area contributed by atoms with E-state index < -0.39 is 0 Å². The van der Waals surface area contributed by atoms with Crippen molar-refractivity contribution in [2.24, 2.45) is 4.99 Å². The lowest BCUT2D eigenvalue weighted by atomic mass is 10.1. The van der Waals surface area contributed by atoms with E-state index in [1.807, 2.05) is 6.92 Å². The molecule has 70 valence electrons. The zero-order valence-electron chi connectivity index (χ0n) is 8.26. The molecule has 0 saturated heterocycles. The van der Waals surface area contributed by atoms with Crippen LogP contribution in [-0.2, 0) is 6.42 Å².